The van der Waals surface area contributed by atoms with E-state index in [9.17, 15) is 4.79 Å². The van der Waals surface area contributed by atoms with Crippen LogP contribution in [0.1, 0.15) is 12.2 Å². The van der Waals surface area contributed by atoms with Gasteiger partial charge in [-0.3, -0.25) is 0 Å². The second kappa shape index (κ2) is 6.80. The third-order valence-electron chi connectivity index (χ3n) is 2.51. The second-order valence-electron chi connectivity index (χ2n) is 4.03. The molecule has 5 nitrogen and oxygen atoms in total. The normalized spacial score (nSPS) is 10.2. The smallest absolute Gasteiger partial charge is 0.319 e. The zero-order valence-corrected chi connectivity index (χ0v) is 11.1. The summed E-state index contributed by atoms with van der Waals surface area (Å²) in [7, 11) is 0. The predicted octanol–water partition coefficient (Wildman–Crippen LogP) is 2.82. The van der Waals surface area contributed by atoms with Crippen molar-refractivity contribution in [2.45, 2.75) is 12.8 Å². The van der Waals surface area contributed by atoms with Gasteiger partial charge in [0.05, 0.1) is 0 Å². The number of urea groups is 1. The molecule has 0 saturated heterocycles. The molecule has 2 rings (SSSR count). The number of aromatic nitrogens is 2. The van der Waals surface area contributed by atoms with Crippen molar-refractivity contribution in [2.24, 2.45) is 0 Å². The van der Waals surface area contributed by atoms with Gasteiger partial charge in [0.25, 0.3) is 0 Å². The monoisotopic (exact) mass is 278 g/mol. The molecular formula is C13H15ClN4O. The lowest BCUT2D eigenvalue weighted by Crippen LogP contribution is -2.29. The maximum absolute atomic E-state index is 11.6. The Balaban J connectivity index is 1.67. The number of hydrogen-bond donors (Lipinski definition) is 3. The highest BCUT2D eigenvalue weighted by atomic mass is 35.5. The van der Waals surface area contributed by atoms with Crippen LogP contribution in [0.3, 0.4) is 0 Å². The largest absolute Gasteiger partial charge is 0.349 e. The standard InChI is InChI=1S/C13H15ClN4O/c14-10-3-1-4-11(9-10)18-13(19)17-6-2-5-12-15-7-8-16-12/h1,3-4,7-9H,2,5-6H2,(H,15,16)(H2,17,18,19). The number of nitrogens with one attached hydrogen (secondary N) is 3. The van der Waals surface area contributed by atoms with Crippen LogP contribution in [-0.2, 0) is 6.42 Å². The molecule has 6 heteroatoms. The number of amides is 2. The fourth-order valence-electron chi connectivity index (χ4n) is 1.63. The predicted molar refractivity (Wildman–Crippen MR) is 75.4 cm³/mol. The molecule has 2 aromatic rings. The molecule has 100 valence electrons. The van der Waals surface area contributed by atoms with E-state index < -0.39 is 0 Å². The van der Waals surface area contributed by atoms with E-state index in [1.807, 2.05) is 0 Å². The lowest BCUT2D eigenvalue weighted by molar-refractivity contribution is 0.252. The van der Waals surface area contributed by atoms with Gasteiger partial charge in [-0.25, -0.2) is 9.78 Å². The summed E-state index contributed by atoms with van der Waals surface area (Å²) in [5, 5.41) is 6.09. The van der Waals surface area contributed by atoms with E-state index in [0.717, 1.165) is 18.7 Å². The Morgan fingerprint density at radius 3 is 3.05 bits per heavy atom. The van der Waals surface area contributed by atoms with Crippen LogP contribution in [0.4, 0.5) is 10.5 Å². The van der Waals surface area contributed by atoms with E-state index in [4.69, 9.17) is 11.6 Å². The Morgan fingerprint density at radius 1 is 1.42 bits per heavy atom. The molecule has 1 heterocycles. The van der Waals surface area contributed by atoms with Crippen molar-refractivity contribution in [3.8, 4) is 0 Å². The first kappa shape index (κ1) is 13.4. The molecule has 0 spiro atoms. The van der Waals surface area contributed by atoms with Crippen LogP contribution in [0, 0.1) is 0 Å². The minimum atomic E-state index is -0.235. The first-order valence-electron chi connectivity index (χ1n) is 6.03. The van der Waals surface area contributed by atoms with Crippen molar-refractivity contribution in [2.75, 3.05) is 11.9 Å². The number of halogens is 1. The van der Waals surface area contributed by atoms with Gasteiger partial charge in [-0.15, -0.1) is 0 Å². The molecule has 0 aliphatic heterocycles. The van der Waals surface area contributed by atoms with Crippen molar-refractivity contribution >= 4 is 23.3 Å². The van der Waals surface area contributed by atoms with E-state index in [1.165, 1.54) is 0 Å². The third kappa shape index (κ3) is 4.63. The lowest BCUT2D eigenvalue weighted by atomic mass is 10.3. The van der Waals surface area contributed by atoms with Gasteiger partial charge < -0.3 is 15.6 Å². The third-order valence-corrected chi connectivity index (χ3v) is 2.75. The van der Waals surface area contributed by atoms with Crippen LogP contribution < -0.4 is 10.6 Å². The molecule has 3 N–H and O–H groups in total. The molecule has 0 unspecified atom stereocenters. The van der Waals surface area contributed by atoms with E-state index >= 15 is 0 Å². The summed E-state index contributed by atoms with van der Waals surface area (Å²) >= 11 is 5.83. The van der Waals surface area contributed by atoms with Gasteiger partial charge in [-0.05, 0) is 24.6 Å². The molecule has 0 bridgehead atoms. The molecule has 19 heavy (non-hydrogen) atoms. The molecule has 1 aromatic heterocycles. The topological polar surface area (TPSA) is 69.8 Å². The van der Waals surface area contributed by atoms with Crippen molar-refractivity contribution in [1.29, 1.82) is 0 Å². The zero-order chi connectivity index (χ0) is 13.5. The molecule has 1 aromatic carbocycles. The molecule has 0 aliphatic carbocycles. The Hall–Kier alpha value is -2.01. The molecule has 0 saturated carbocycles. The lowest BCUT2D eigenvalue weighted by Gasteiger charge is -2.07. The van der Waals surface area contributed by atoms with Gasteiger partial charge in [0.2, 0.25) is 0 Å². The number of aromatic amines is 1. The quantitative estimate of drug-likeness (QED) is 0.736. The molecule has 0 radical (unpaired) electrons. The van der Waals surface area contributed by atoms with Crippen molar-refractivity contribution in [1.82, 2.24) is 15.3 Å². The number of carbonyl (C=O) groups is 1. The highest BCUT2D eigenvalue weighted by Crippen LogP contribution is 2.14. The Bertz CT molecular complexity index is 527. The number of imidazole rings is 1. The maximum Gasteiger partial charge on any atom is 0.319 e. The number of anilines is 1. The van der Waals surface area contributed by atoms with Crippen LogP contribution in [-0.4, -0.2) is 22.5 Å². The number of H-pyrrole nitrogens is 1. The number of aryl methyl sites for hydroxylation is 1. The molecule has 2 amide bonds. The Morgan fingerprint density at radius 2 is 2.32 bits per heavy atom. The Labute approximate surface area is 116 Å². The van der Waals surface area contributed by atoms with Crippen molar-refractivity contribution in [3.63, 3.8) is 0 Å². The summed E-state index contributed by atoms with van der Waals surface area (Å²) in [6.07, 6.45) is 5.14. The number of nitrogens with zero attached hydrogens (tertiary/aromatic N) is 1. The number of rotatable bonds is 5. The molecular weight excluding hydrogens is 264 g/mol. The number of carbonyl (C=O) groups excluding carboxylic acids is 1. The number of benzene rings is 1. The summed E-state index contributed by atoms with van der Waals surface area (Å²) in [6, 6.07) is 6.79. The van der Waals surface area contributed by atoms with Crippen molar-refractivity contribution < 1.29 is 4.79 Å². The first-order valence-corrected chi connectivity index (χ1v) is 6.40. The van der Waals surface area contributed by atoms with Crippen LogP contribution in [0.5, 0.6) is 0 Å². The van der Waals surface area contributed by atoms with Crippen LogP contribution >= 0.6 is 11.6 Å². The fourth-order valence-corrected chi connectivity index (χ4v) is 1.82. The van der Waals surface area contributed by atoms with E-state index in [1.54, 1.807) is 36.7 Å². The Kier molecular flexibility index (Phi) is 4.80. The second-order valence-corrected chi connectivity index (χ2v) is 4.47. The SMILES string of the molecule is O=C(NCCCc1ncc[nH]1)Nc1cccc(Cl)c1. The first-order chi connectivity index (χ1) is 9.24. The minimum absolute atomic E-state index is 0.235. The van der Waals surface area contributed by atoms with Gasteiger partial charge >= 0.3 is 6.03 Å². The zero-order valence-electron chi connectivity index (χ0n) is 10.3. The van der Waals surface area contributed by atoms with Crippen LogP contribution in [0.25, 0.3) is 0 Å². The average Bonchev–Trinajstić information content (AvgIpc) is 2.88. The number of hydrogen-bond acceptors (Lipinski definition) is 2. The van der Waals surface area contributed by atoms with E-state index in [-0.39, 0.29) is 6.03 Å². The van der Waals surface area contributed by atoms with Gasteiger partial charge in [0.15, 0.2) is 0 Å². The van der Waals surface area contributed by atoms with Crippen LogP contribution in [0.15, 0.2) is 36.7 Å². The molecule has 0 atom stereocenters. The minimum Gasteiger partial charge on any atom is -0.349 e. The average molecular weight is 279 g/mol. The summed E-state index contributed by atoms with van der Waals surface area (Å²) in [5.74, 6) is 0.928. The van der Waals surface area contributed by atoms with Gasteiger partial charge in [0.1, 0.15) is 5.82 Å². The van der Waals surface area contributed by atoms with E-state index in [0.29, 0.717) is 17.3 Å². The van der Waals surface area contributed by atoms with Gasteiger partial charge in [0, 0.05) is 36.1 Å². The summed E-state index contributed by atoms with van der Waals surface area (Å²) in [6.45, 7) is 0.590. The van der Waals surface area contributed by atoms with E-state index in [2.05, 4.69) is 20.6 Å². The molecule has 0 fully saturated rings. The highest BCUT2D eigenvalue weighted by Gasteiger charge is 2.01. The maximum atomic E-state index is 11.6. The summed E-state index contributed by atoms with van der Waals surface area (Å²) in [4.78, 5) is 18.7. The summed E-state index contributed by atoms with van der Waals surface area (Å²) < 4.78 is 0. The fraction of sp³-hybridized carbons (Fsp3) is 0.231. The summed E-state index contributed by atoms with van der Waals surface area (Å²) in [5.41, 5.74) is 0.677. The van der Waals surface area contributed by atoms with Crippen LogP contribution in [0.2, 0.25) is 5.02 Å². The highest BCUT2D eigenvalue weighted by molar-refractivity contribution is 6.30. The van der Waals surface area contributed by atoms with Gasteiger partial charge in [-0.2, -0.15) is 0 Å². The van der Waals surface area contributed by atoms with Gasteiger partial charge in [-0.1, -0.05) is 17.7 Å². The molecule has 0 aliphatic rings. The van der Waals surface area contributed by atoms with Crippen molar-refractivity contribution in [3.05, 3.63) is 47.5 Å².